The Balaban J connectivity index is 3.05. The van der Waals surface area contributed by atoms with Crippen molar-refractivity contribution in [3.63, 3.8) is 0 Å². The molecule has 0 aliphatic carbocycles. The van der Waals surface area contributed by atoms with Crippen molar-refractivity contribution in [1.82, 2.24) is 0 Å². The summed E-state index contributed by atoms with van der Waals surface area (Å²) >= 11 is 9.14. The number of hydrogen-bond donors (Lipinski definition) is 2. The van der Waals surface area contributed by atoms with Crippen LogP contribution in [-0.4, -0.2) is 11.0 Å². The second kappa shape index (κ2) is 5.49. The van der Waals surface area contributed by atoms with Gasteiger partial charge < -0.3 is 10.4 Å². The van der Waals surface area contributed by atoms with Crippen LogP contribution in [-0.2, 0) is 11.4 Å². The number of carbonyl (C=O) groups is 1. The summed E-state index contributed by atoms with van der Waals surface area (Å²) in [5.74, 6) is -0.108. The molecule has 82 valence electrons. The second-order valence-electron chi connectivity index (χ2n) is 2.98. The van der Waals surface area contributed by atoms with E-state index in [1.807, 2.05) is 0 Å². The molecule has 0 aromatic heterocycles. The number of benzene rings is 1. The molecule has 15 heavy (non-hydrogen) atoms. The zero-order chi connectivity index (χ0) is 11.4. The normalized spacial score (nSPS) is 10.1. The predicted molar refractivity (Wildman–Crippen MR) is 64.0 cm³/mol. The van der Waals surface area contributed by atoms with Crippen LogP contribution in [0.1, 0.15) is 18.9 Å². The number of hydrogen-bond acceptors (Lipinski definition) is 2. The van der Waals surface area contributed by atoms with Crippen LogP contribution in [0, 0.1) is 0 Å². The first kappa shape index (κ1) is 12.5. The SMILES string of the molecule is CCC(=O)Nc1cc(Cl)c(Br)cc1CO. The summed E-state index contributed by atoms with van der Waals surface area (Å²) in [5.41, 5.74) is 1.19. The Morgan fingerprint density at radius 3 is 2.80 bits per heavy atom. The zero-order valence-electron chi connectivity index (χ0n) is 8.18. The van der Waals surface area contributed by atoms with Crippen molar-refractivity contribution in [3.8, 4) is 0 Å². The lowest BCUT2D eigenvalue weighted by Crippen LogP contribution is -2.11. The molecule has 1 rings (SSSR count). The molecule has 0 bridgehead atoms. The smallest absolute Gasteiger partial charge is 0.224 e. The number of anilines is 1. The average Bonchev–Trinajstić information content (AvgIpc) is 2.22. The maximum absolute atomic E-state index is 11.2. The van der Waals surface area contributed by atoms with Crippen LogP contribution < -0.4 is 5.32 Å². The highest BCUT2D eigenvalue weighted by molar-refractivity contribution is 9.10. The van der Waals surface area contributed by atoms with Crippen molar-refractivity contribution in [2.75, 3.05) is 5.32 Å². The minimum Gasteiger partial charge on any atom is -0.392 e. The first-order chi connectivity index (χ1) is 7.08. The van der Waals surface area contributed by atoms with E-state index >= 15 is 0 Å². The second-order valence-corrected chi connectivity index (χ2v) is 4.24. The van der Waals surface area contributed by atoms with E-state index in [0.717, 1.165) is 0 Å². The Morgan fingerprint density at radius 2 is 2.27 bits per heavy atom. The Bertz CT molecular complexity index is 382. The molecule has 0 radical (unpaired) electrons. The van der Waals surface area contributed by atoms with E-state index in [2.05, 4.69) is 21.2 Å². The molecule has 1 amide bonds. The van der Waals surface area contributed by atoms with Gasteiger partial charge in [0.05, 0.1) is 11.6 Å². The van der Waals surface area contributed by atoms with E-state index in [0.29, 0.717) is 27.2 Å². The van der Waals surface area contributed by atoms with Gasteiger partial charge in [-0.2, -0.15) is 0 Å². The molecule has 0 heterocycles. The molecule has 0 fully saturated rings. The van der Waals surface area contributed by atoms with E-state index in [-0.39, 0.29) is 12.5 Å². The van der Waals surface area contributed by atoms with Gasteiger partial charge in [-0.1, -0.05) is 18.5 Å². The Kier molecular flexibility index (Phi) is 4.57. The molecule has 3 nitrogen and oxygen atoms in total. The number of aliphatic hydroxyl groups excluding tert-OH is 1. The Labute approximate surface area is 102 Å². The van der Waals surface area contributed by atoms with Crippen molar-refractivity contribution in [3.05, 3.63) is 27.2 Å². The molecule has 0 spiro atoms. The van der Waals surface area contributed by atoms with Crippen molar-refractivity contribution in [2.45, 2.75) is 20.0 Å². The first-order valence-corrected chi connectivity index (χ1v) is 5.64. The van der Waals surface area contributed by atoms with E-state index in [9.17, 15) is 4.79 Å². The highest BCUT2D eigenvalue weighted by Crippen LogP contribution is 2.29. The number of halogens is 2. The highest BCUT2D eigenvalue weighted by atomic mass is 79.9. The van der Waals surface area contributed by atoms with Crippen LogP contribution in [0.25, 0.3) is 0 Å². The quantitative estimate of drug-likeness (QED) is 0.900. The minimum absolute atomic E-state index is 0.108. The first-order valence-electron chi connectivity index (χ1n) is 4.47. The molecule has 0 unspecified atom stereocenters. The van der Waals surface area contributed by atoms with E-state index < -0.39 is 0 Å². The standard InChI is InChI=1S/C10H11BrClNO2/c1-2-10(15)13-9-4-8(12)7(11)3-6(9)5-14/h3-4,14H,2,5H2,1H3,(H,13,15). The number of aliphatic hydroxyl groups is 1. The maximum Gasteiger partial charge on any atom is 0.224 e. The fourth-order valence-electron chi connectivity index (χ4n) is 1.07. The van der Waals surface area contributed by atoms with Crippen LogP contribution in [0.2, 0.25) is 5.02 Å². The van der Waals surface area contributed by atoms with E-state index in [1.165, 1.54) is 0 Å². The predicted octanol–water partition coefficient (Wildman–Crippen LogP) is 2.94. The summed E-state index contributed by atoms with van der Waals surface area (Å²) in [7, 11) is 0. The number of nitrogens with one attached hydrogen (secondary N) is 1. The summed E-state index contributed by atoms with van der Waals surface area (Å²) in [6.07, 6.45) is 0.387. The summed E-state index contributed by atoms with van der Waals surface area (Å²) in [6, 6.07) is 3.30. The lowest BCUT2D eigenvalue weighted by atomic mass is 10.2. The van der Waals surface area contributed by atoms with E-state index in [1.54, 1.807) is 19.1 Å². The highest BCUT2D eigenvalue weighted by Gasteiger charge is 2.08. The fraction of sp³-hybridized carbons (Fsp3) is 0.300. The summed E-state index contributed by atoms with van der Waals surface area (Å²) in [4.78, 5) is 11.2. The van der Waals surface area contributed by atoms with Gasteiger partial charge in [-0.3, -0.25) is 4.79 Å². The fourth-order valence-corrected chi connectivity index (χ4v) is 1.63. The molecule has 0 saturated heterocycles. The van der Waals surface area contributed by atoms with Crippen molar-refractivity contribution >= 4 is 39.1 Å². The van der Waals surface area contributed by atoms with Gasteiger partial charge in [0.15, 0.2) is 0 Å². The van der Waals surface area contributed by atoms with Crippen molar-refractivity contribution in [1.29, 1.82) is 0 Å². The van der Waals surface area contributed by atoms with Crippen LogP contribution in [0.5, 0.6) is 0 Å². The Morgan fingerprint density at radius 1 is 1.60 bits per heavy atom. The average molecular weight is 293 g/mol. The molecule has 0 aliphatic heterocycles. The molecule has 5 heteroatoms. The largest absolute Gasteiger partial charge is 0.392 e. The molecule has 2 N–H and O–H groups in total. The van der Waals surface area contributed by atoms with Crippen molar-refractivity contribution < 1.29 is 9.90 Å². The third-order valence-corrected chi connectivity index (χ3v) is 3.11. The third kappa shape index (κ3) is 3.19. The van der Waals surface area contributed by atoms with Gasteiger partial charge in [0, 0.05) is 22.1 Å². The molecule has 1 aromatic carbocycles. The van der Waals surface area contributed by atoms with Gasteiger partial charge in [0.25, 0.3) is 0 Å². The minimum atomic E-state index is -0.144. The number of rotatable bonds is 3. The van der Waals surface area contributed by atoms with Crippen LogP contribution >= 0.6 is 27.5 Å². The summed E-state index contributed by atoms with van der Waals surface area (Å²) in [6.45, 7) is 1.61. The lowest BCUT2D eigenvalue weighted by Gasteiger charge is -2.10. The summed E-state index contributed by atoms with van der Waals surface area (Å²) < 4.78 is 0.697. The summed E-state index contributed by atoms with van der Waals surface area (Å²) in [5, 5.41) is 12.3. The molecular weight excluding hydrogens is 281 g/mol. The Hall–Kier alpha value is -0.580. The lowest BCUT2D eigenvalue weighted by molar-refractivity contribution is -0.115. The van der Waals surface area contributed by atoms with Crippen LogP contribution in [0.4, 0.5) is 5.69 Å². The topological polar surface area (TPSA) is 49.3 Å². The van der Waals surface area contributed by atoms with Gasteiger partial charge in [-0.05, 0) is 28.1 Å². The van der Waals surface area contributed by atoms with Crippen LogP contribution in [0.3, 0.4) is 0 Å². The monoisotopic (exact) mass is 291 g/mol. The van der Waals surface area contributed by atoms with Gasteiger partial charge in [-0.15, -0.1) is 0 Å². The molecular formula is C10H11BrClNO2. The maximum atomic E-state index is 11.2. The molecule has 1 aromatic rings. The number of carbonyl (C=O) groups excluding carboxylic acids is 1. The van der Waals surface area contributed by atoms with Crippen molar-refractivity contribution in [2.24, 2.45) is 0 Å². The van der Waals surface area contributed by atoms with Crippen LogP contribution in [0.15, 0.2) is 16.6 Å². The van der Waals surface area contributed by atoms with Gasteiger partial charge >= 0.3 is 0 Å². The van der Waals surface area contributed by atoms with Gasteiger partial charge in [0.1, 0.15) is 0 Å². The van der Waals surface area contributed by atoms with Gasteiger partial charge in [0.2, 0.25) is 5.91 Å². The molecule has 0 saturated carbocycles. The van der Waals surface area contributed by atoms with Gasteiger partial charge in [-0.25, -0.2) is 0 Å². The molecule has 0 aliphatic rings. The zero-order valence-corrected chi connectivity index (χ0v) is 10.5. The number of amides is 1. The van der Waals surface area contributed by atoms with E-state index in [4.69, 9.17) is 16.7 Å². The molecule has 0 atom stereocenters. The third-order valence-electron chi connectivity index (χ3n) is 1.91.